The Bertz CT molecular complexity index is 1230. The van der Waals surface area contributed by atoms with Crippen molar-refractivity contribution in [2.24, 2.45) is 5.92 Å². The molecule has 1 fully saturated rings. The summed E-state index contributed by atoms with van der Waals surface area (Å²) in [6.45, 7) is 7.22. The fourth-order valence-electron chi connectivity index (χ4n) is 3.88. The lowest BCUT2D eigenvalue weighted by atomic mass is 10.1. The van der Waals surface area contributed by atoms with Gasteiger partial charge in [-0.2, -0.15) is 4.72 Å². The van der Waals surface area contributed by atoms with E-state index in [2.05, 4.69) is 27.6 Å². The summed E-state index contributed by atoms with van der Waals surface area (Å²) in [5.74, 6) is -1.60. The number of hydrogen-bond acceptors (Lipinski definition) is 6. The number of piperazine rings is 1. The van der Waals surface area contributed by atoms with Gasteiger partial charge in [-0.3, -0.25) is 4.79 Å². The van der Waals surface area contributed by atoms with Crippen molar-refractivity contribution in [1.82, 2.24) is 9.62 Å². The van der Waals surface area contributed by atoms with Gasteiger partial charge in [0, 0.05) is 48.7 Å². The van der Waals surface area contributed by atoms with Crippen molar-refractivity contribution in [3.8, 4) is 0 Å². The van der Waals surface area contributed by atoms with E-state index < -0.39 is 28.0 Å². The number of nitrogens with one attached hydrogen (secondary N) is 1. The van der Waals surface area contributed by atoms with Gasteiger partial charge in [0.2, 0.25) is 10.0 Å². The second-order valence-corrected chi connectivity index (χ2v) is 10.1. The van der Waals surface area contributed by atoms with Crippen LogP contribution in [0.4, 0.5) is 5.69 Å². The van der Waals surface area contributed by atoms with Crippen LogP contribution in [0.15, 0.2) is 45.7 Å². The predicted octanol–water partition coefficient (Wildman–Crippen LogP) is 2.73. The van der Waals surface area contributed by atoms with Gasteiger partial charge >= 0.3 is 5.97 Å². The number of benzene rings is 2. The minimum atomic E-state index is -4.01. The standard InChI is InChI=1S/C22H27N3O5S/c1-14(2)21(22(26)27)23-31(28,29)16-5-6-17-18-12-15(25-10-8-24(3)9-11-25)4-7-19(18)30-20(17)13-16/h4-7,12-14,21,23H,8-11H2,1-3H3,(H,26,27)/t21-/m0/s1. The maximum atomic E-state index is 12.8. The van der Waals surface area contributed by atoms with Gasteiger partial charge in [-0.25, -0.2) is 8.42 Å². The zero-order valence-electron chi connectivity index (χ0n) is 17.8. The lowest BCUT2D eigenvalue weighted by Gasteiger charge is -2.34. The number of hydrogen-bond donors (Lipinski definition) is 2. The summed E-state index contributed by atoms with van der Waals surface area (Å²) in [6.07, 6.45) is 0. The molecule has 0 radical (unpaired) electrons. The second-order valence-electron chi connectivity index (χ2n) is 8.41. The summed E-state index contributed by atoms with van der Waals surface area (Å²) in [4.78, 5) is 16.0. The summed E-state index contributed by atoms with van der Waals surface area (Å²) in [5.41, 5.74) is 2.24. The van der Waals surface area contributed by atoms with Crippen molar-refractivity contribution in [3.63, 3.8) is 0 Å². The van der Waals surface area contributed by atoms with Gasteiger partial charge in [0.1, 0.15) is 17.2 Å². The van der Waals surface area contributed by atoms with Crippen LogP contribution in [0.3, 0.4) is 0 Å². The van der Waals surface area contributed by atoms with Gasteiger partial charge in [0.25, 0.3) is 0 Å². The van der Waals surface area contributed by atoms with E-state index in [0.717, 1.165) is 42.6 Å². The van der Waals surface area contributed by atoms with E-state index in [-0.39, 0.29) is 4.90 Å². The number of carbonyl (C=O) groups is 1. The zero-order chi connectivity index (χ0) is 22.3. The molecule has 0 aliphatic carbocycles. The number of rotatable bonds is 6. The molecule has 1 saturated heterocycles. The SMILES string of the molecule is CC(C)[C@H](NS(=O)(=O)c1ccc2c(c1)oc1ccc(N3CCN(C)CC3)cc12)C(=O)O. The summed E-state index contributed by atoms with van der Waals surface area (Å²) in [6, 6.07) is 9.47. The van der Waals surface area contributed by atoms with Crippen molar-refractivity contribution >= 4 is 43.6 Å². The van der Waals surface area contributed by atoms with Gasteiger partial charge in [-0.15, -0.1) is 0 Å². The molecule has 8 nitrogen and oxygen atoms in total. The minimum absolute atomic E-state index is 0.0229. The molecule has 2 N–H and O–H groups in total. The molecule has 0 spiro atoms. The van der Waals surface area contributed by atoms with Gasteiger partial charge in [-0.05, 0) is 43.3 Å². The Kier molecular flexibility index (Phi) is 5.67. The second kappa shape index (κ2) is 8.14. The van der Waals surface area contributed by atoms with Crippen LogP contribution in [0.5, 0.6) is 0 Å². The van der Waals surface area contributed by atoms with Gasteiger partial charge in [0.05, 0.1) is 4.90 Å². The first kappa shape index (κ1) is 21.6. The molecule has 166 valence electrons. The number of carboxylic acid groups (broad SMARTS) is 1. The maximum absolute atomic E-state index is 12.8. The average Bonchev–Trinajstić information content (AvgIpc) is 3.09. The molecule has 0 amide bonds. The number of nitrogens with zero attached hydrogens (tertiary/aromatic N) is 2. The number of furan rings is 1. The maximum Gasteiger partial charge on any atom is 0.322 e. The number of fused-ring (bicyclic) bond motifs is 3. The van der Waals surface area contributed by atoms with E-state index in [1.165, 1.54) is 12.1 Å². The summed E-state index contributed by atoms with van der Waals surface area (Å²) in [7, 11) is -1.90. The Labute approximate surface area is 181 Å². The van der Waals surface area contributed by atoms with E-state index in [1.54, 1.807) is 19.9 Å². The highest BCUT2D eigenvalue weighted by Crippen LogP contribution is 2.33. The zero-order valence-corrected chi connectivity index (χ0v) is 18.6. The van der Waals surface area contributed by atoms with Crippen LogP contribution < -0.4 is 9.62 Å². The number of likely N-dealkylation sites (N-methyl/N-ethyl adjacent to an activating group) is 1. The highest BCUT2D eigenvalue weighted by atomic mass is 32.2. The van der Waals surface area contributed by atoms with Crippen LogP contribution in [0.1, 0.15) is 13.8 Å². The van der Waals surface area contributed by atoms with Crippen LogP contribution in [-0.4, -0.2) is 63.7 Å². The smallest absolute Gasteiger partial charge is 0.322 e. The highest BCUT2D eigenvalue weighted by molar-refractivity contribution is 7.89. The van der Waals surface area contributed by atoms with E-state index in [0.29, 0.717) is 11.2 Å². The van der Waals surface area contributed by atoms with Crippen LogP contribution in [-0.2, 0) is 14.8 Å². The van der Waals surface area contributed by atoms with E-state index in [1.807, 2.05) is 12.1 Å². The number of carboxylic acids is 1. The Morgan fingerprint density at radius 3 is 2.39 bits per heavy atom. The Morgan fingerprint density at radius 1 is 1.03 bits per heavy atom. The molecule has 1 atom stereocenters. The van der Waals surface area contributed by atoms with Crippen LogP contribution in [0.25, 0.3) is 21.9 Å². The van der Waals surface area contributed by atoms with E-state index >= 15 is 0 Å². The molecular formula is C22H27N3O5S. The quantitative estimate of drug-likeness (QED) is 0.601. The monoisotopic (exact) mass is 445 g/mol. The van der Waals surface area contributed by atoms with Crippen molar-refractivity contribution < 1.29 is 22.7 Å². The normalized spacial score (nSPS) is 17.0. The third kappa shape index (κ3) is 4.26. The Hall–Kier alpha value is -2.62. The number of sulfonamides is 1. The first-order valence-corrected chi connectivity index (χ1v) is 11.8. The van der Waals surface area contributed by atoms with Gasteiger partial charge < -0.3 is 19.3 Å². The highest BCUT2D eigenvalue weighted by Gasteiger charge is 2.28. The Balaban J connectivity index is 1.68. The van der Waals surface area contributed by atoms with Crippen molar-refractivity contribution in [2.45, 2.75) is 24.8 Å². The first-order chi connectivity index (χ1) is 14.7. The largest absolute Gasteiger partial charge is 0.480 e. The molecule has 2 heterocycles. The summed E-state index contributed by atoms with van der Waals surface area (Å²) < 4.78 is 33.7. The fourth-order valence-corrected chi connectivity index (χ4v) is 5.23. The van der Waals surface area contributed by atoms with Gasteiger partial charge in [-0.1, -0.05) is 13.8 Å². The third-order valence-corrected chi connectivity index (χ3v) is 7.26. The topological polar surface area (TPSA) is 103 Å². The predicted molar refractivity (Wildman–Crippen MR) is 120 cm³/mol. The molecule has 4 rings (SSSR count). The molecule has 0 bridgehead atoms. The molecule has 1 aromatic heterocycles. The minimum Gasteiger partial charge on any atom is -0.480 e. The van der Waals surface area contributed by atoms with Gasteiger partial charge in [0.15, 0.2) is 0 Å². The lowest BCUT2D eigenvalue weighted by molar-refractivity contribution is -0.140. The van der Waals surface area contributed by atoms with Crippen LogP contribution in [0.2, 0.25) is 0 Å². The molecule has 31 heavy (non-hydrogen) atoms. The molecule has 1 aliphatic rings. The molecule has 0 unspecified atom stereocenters. The van der Waals surface area contributed by atoms with Crippen molar-refractivity contribution in [3.05, 3.63) is 36.4 Å². The van der Waals surface area contributed by atoms with E-state index in [9.17, 15) is 18.3 Å². The van der Waals surface area contributed by atoms with E-state index in [4.69, 9.17) is 4.42 Å². The Morgan fingerprint density at radius 2 is 1.74 bits per heavy atom. The molecule has 0 saturated carbocycles. The van der Waals surface area contributed by atoms with Crippen LogP contribution in [0, 0.1) is 5.92 Å². The van der Waals surface area contributed by atoms with Crippen molar-refractivity contribution in [1.29, 1.82) is 0 Å². The fraction of sp³-hybridized carbons (Fsp3) is 0.409. The lowest BCUT2D eigenvalue weighted by Crippen LogP contribution is -2.44. The first-order valence-electron chi connectivity index (χ1n) is 10.3. The molecule has 3 aromatic rings. The molecule has 1 aliphatic heterocycles. The summed E-state index contributed by atoms with van der Waals surface area (Å²) >= 11 is 0. The molecular weight excluding hydrogens is 418 g/mol. The average molecular weight is 446 g/mol. The van der Waals surface area contributed by atoms with Crippen LogP contribution >= 0.6 is 0 Å². The number of anilines is 1. The molecule has 2 aromatic carbocycles. The number of aliphatic carboxylic acids is 1. The molecule has 9 heteroatoms. The third-order valence-electron chi connectivity index (χ3n) is 5.82. The van der Waals surface area contributed by atoms with Crippen molar-refractivity contribution in [2.75, 3.05) is 38.1 Å². The summed E-state index contributed by atoms with van der Waals surface area (Å²) in [5, 5.41) is 11.1.